The first kappa shape index (κ1) is 21.0. The van der Waals surface area contributed by atoms with E-state index in [1.54, 1.807) is 0 Å². The number of aromatic amines is 1. The number of rotatable bonds is 5. The van der Waals surface area contributed by atoms with Crippen LogP contribution >= 0.6 is 0 Å². The Morgan fingerprint density at radius 2 is 1.76 bits per heavy atom. The summed E-state index contributed by atoms with van der Waals surface area (Å²) in [6.45, 7) is 3.26. The molecule has 8 heteroatoms. The van der Waals surface area contributed by atoms with Crippen molar-refractivity contribution in [1.82, 2.24) is 15.0 Å². The minimum absolute atomic E-state index is 0.227. The van der Waals surface area contributed by atoms with Gasteiger partial charge in [0.1, 0.15) is 11.2 Å². The molecule has 1 saturated heterocycles. The van der Waals surface area contributed by atoms with E-state index >= 15 is 0 Å². The first-order chi connectivity index (χ1) is 16.1. The second-order valence-electron chi connectivity index (χ2n) is 8.19. The van der Waals surface area contributed by atoms with Crippen LogP contribution in [-0.2, 0) is 4.74 Å². The standard InChI is InChI=1S/C25H26N6O2/c1-30(2)19-7-3-17(4-8-19)21-15-22-23(25(32)27-16-26-22)24(29-21)28-18-5-9-20(10-6-18)31-11-13-33-14-12-31/h3-10,15-16H,11-14H2,1-2H3,(H,28,29)(H,26,27,32). The van der Waals surface area contributed by atoms with Crippen molar-refractivity contribution < 1.29 is 4.74 Å². The number of aromatic nitrogens is 3. The molecule has 8 nitrogen and oxygen atoms in total. The van der Waals surface area contributed by atoms with E-state index < -0.39 is 0 Å². The number of hydrogen-bond donors (Lipinski definition) is 2. The van der Waals surface area contributed by atoms with Crippen molar-refractivity contribution in [3.05, 3.63) is 71.3 Å². The monoisotopic (exact) mass is 442 g/mol. The molecule has 5 rings (SSSR count). The Morgan fingerprint density at radius 3 is 2.45 bits per heavy atom. The van der Waals surface area contributed by atoms with Gasteiger partial charge in [-0.2, -0.15) is 0 Å². The molecule has 0 aliphatic carbocycles. The van der Waals surface area contributed by atoms with Crippen molar-refractivity contribution >= 4 is 33.8 Å². The van der Waals surface area contributed by atoms with E-state index in [4.69, 9.17) is 9.72 Å². The maximum atomic E-state index is 12.6. The van der Waals surface area contributed by atoms with E-state index in [1.165, 1.54) is 6.33 Å². The molecule has 1 aliphatic heterocycles. The van der Waals surface area contributed by atoms with Gasteiger partial charge in [-0.05, 0) is 42.5 Å². The first-order valence-corrected chi connectivity index (χ1v) is 10.9. The van der Waals surface area contributed by atoms with Gasteiger partial charge in [0.25, 0.3) is 5.56 Å². The van der Waals surface area contributed by atoms with Crippen molar-refractivity contribution in [2.45, 2.75) is 0 Å². The molecule has 2 N–H and O–H groups in total. The van der Waals surface area contributed by atoms with Crippen LogP contribution in [0.5, 0.6) is 0 Å². The van der Waals surface area contributed by atoms with Gasteiger partial charge in [0.05, 0.1) is 30.8 Å². The topological polar surface area (TPSA) is 86.4 Å². The quantitative estimate of drug-likeness (QED) is 0.488. The Balaban J connectivity index is 1.50. The fourth-order valence-electron chi connectivity index (χ4n) is 3.97. The average Bonchev–Trinajstić information content (AvgIpc) is 2.85. The fourth-order valence-corrected chi connectivity index (χ4v) is 3.97. The molecule has 0 bridgehead atoms. The van der Waals surface area contributed by atoms with Crippen molar-refractivity contribution in [3.8, 4) is 11.3 Å². The van der Waals surface area contributed by atoms with Crippen LogP contribution in [-0.4, -0.2) is 55.4 Å². The second kappa shape index (κ2) is 8.91. The third-order valence-corrected chi connectivity index (χ3v) is 5.81. The zero-order chi connectivity index (χ0) is 22.8. The van der Waals surface area contributed by atoms with Crippen molar-refractivity contribution in [2.75, 3.05) is 55.5 Å². The summed E-state index contributed by atoms with van der Waals surface area (Å²) >= 11 is 0. The Bertz CT molecular complexity index is 1310. The van der Waals surface area contributed by atoms with Gasteiger partial charge in [-0.25, -0.2) is 9.97 Å². The Morgan fingerprint density at radius 1 is 1.03 bits per heavy atom. The van der Waals surface area contributed by atoms with Gasteiger partial charge in [0.15, 0.2) is 0 Å². The van der Waals surface area contributed by atoms with Gasteiger partial charge in [-0.1, -0.05) is 12.1 Å². The third kappa shape index (κ3) is 4.38. The highest BCUT2D eigenvalue weighted by Crippen LogP contribution is 2.29. The number of nitrogens with one attached hydrogen (secondary N) is 2. The molecular weight excluding hydrogens is 416 g/mol. The molecule has 3 heterocycles. The molecule has 4 aromatic rings. The Kier molecular flexibility index (Phi) is 5.66. The minimum atomic E-state index is -0.227. The van der Waals surface area contributed by atoms with Gasteiger partial charge in [-0.3, -0.25) is 4.79 Å². The predicted molar refractivity (Wildman–Crippen MR) is 133 cm³/mol. The molecule has 0 saturated carbocycles. The largest absolute Gasteiger partial charge is 0.378 e. The summed E-state index contributed by atoms with van der Waals surface area (Å²) in [6, 6.07) is 18.1. The molecule has 2 aromatic heterocycles. The number of hydrogen-bond acceptors (Lipinski definition) is 7. The lowest BCUT2D eigenvalue weighted by Crippen LogP contribution is -2.36. The fraction of sp³-hybridized carbons (Fsp3) is 0.240. The van der Waals surface area contributed by atoms with E-state index in [9.17, 15) is 4.79 Å². The van der Waals surface area contributed by atoms with E-state index in [-0.39, 0.29) is 5.56 Å². The molecule has 1 aliphatic rings. The Hall–Kier alpha value is -3.91. The number of nitrogens with zero attached hydrogens (tertiary/aromatic N) is 4. The molecule has 0 unspecified atom stereocenters. The van der Waals surface area contributed by atoms with Crippen molar-refractivity contribution in [1.29, 1.82) is 0 Å². The highest BCUT2D eigenvalue weighted by molar-refractivity contribution is 5.92. The predicted octanol–water partition coefficient (Wildman–Crippen LogP) is 3.63. The summed E-state index contributed by atoms with van der Waals surface area (Å²) in [7, 11) is 4.01. The zero-order valence-corrected chi connectivity index (χ0v) is 18.7. The van der Waals surface area contributed by atoms with Crippen molar-refractivity contribution in [3.63, 3.8) is 0 Å². The lowest BCUT2D eigenvalue weighted by atomic mass is 10.1. The SMILES string of the molecule is CN(C)c1ccc(-c2cc3nc[nH]c(=O)c3c(Nc3ccc(N4CCOCC4)cc3)n2)cc1. The molecule has 1 fully saturated rings. The van der Waals surface area contributed by atoms with Crippen LogP contribution in [0.25, 0.3) is 22.2 Å². The number of H-pyrrole nitrogens is 1. The highest BCUT2D eigenvalue weighted by Gasteiger charge is 2.14. The lowest BCUT2D eigenvalue weighted by molar-refractivity contribution is 0.122. The van der Waals surface area contributed by atoms with E-state index in [1.807, 2.05) is 61.5 Å². The zero-order valence-electron chi connectivity index (χ0n) is 18.7. The van der Waals surface area contributed by atoms with Gasteiger partial charge < -0.3 is 24.8 Å². The molecular formula is C25H26N6O2. The van der Waals surface area contributed by atoms with Crippen LogP contribution < -0.4 is 20.7 Å². The van der Waals surface area contributed by atoms with Gasteiger partial charge in [-0.15, -0.1) is 0 Å². The summed E-state index contributed by atoms with van der Waals surface area (Å²) in [5.74, 6) is 0.479. The summed E-state index contributed by atoms with van der Waals surface area (Å²) in [5, 5.41) is 3.77. The Labute approximate surface area is 191 Å². The van der Waals surface area contributed by atoms with Gasteiger partial charge in [0.2, 0.25) is 0 Å². The highest BCUT2D eigenvalue weighted by atomic mass is 16.5. The number of anilines is 4. The normalized spacial score (nSPS) is 13.8. The summed E-state index contributed by atoms with van der Waals surface area (Å²) in [5.41, 5.74) is 5.17. The molecule has 33 heavy (non-hydrogen) atoms. The molecule has 2 aromatic carbocycles. The van der Waals surface area contributed by atoms with Crippen LogP contribution in [0.1, 0.15) is 0 Å². The van der Waals surface area contributed by atoms with Gasteiger partial charge in [0, 0.05) is 49.8 Å². The lowest BCUT2D eigenvalue weighted by Gasteiger charge is -2.28. The molecule has 0 amide bonds. The smallest absolute Gasteiger partial charge is 0.262 e. The number of morpholine rings is 1. The molecule has 0 radical (unpaired) electrons. The summed E-state index contributed by atoms with van der Waals surface area (Å²) in [6.07, 6.45) is 1.42. The molecule has 168 valence electrons. The second-order valence-corrected chi connectivity index (χ2v) is 8.19. The van der Waals surface area contributed by atoms with Crippen LogP contribution in [0, 0.1) is 0 Å². The number of fused-ring (bicyclic) bond motifs is 1. The van der Waals surface area contributed by atoms with E-state index in [0.717, 1.165) is 54.6 Å². The maximum Gasteiger partial charge on any atom is 0.262 e. The van der Waals surface area contributed by atoms with Crippen molar-refractivity contribution in [2.24, 2.45) is 0 Å². The number of pyridine rings is 1. The average molecular weight is 443 g/mol. The van der Waals surface area contributed by atoms with E-state index in [2.05, 4.69) is 32.3 Å². The first-order valence-electron chi connectivity index (χ1n) is 10.9. The van der Waals surface area contributed by atoms with Crippen LogP contribution in [0.15, 0.2) is 65.7 Å². The summed E-state index contributed by atoms with van der Waals surface area (Å²) < 4.78 is 5.44. The van der Waals surface area contributed by atoms with Gasteiger partial charge >= 0.3 is 0 Å². The molecule has 0 spiro atoms. The minimum Gasteiger partial charge on any atom is -0.378 e. The van der Waals surface area contributed by atoms with Crippen LogP contribution in [0.3, 0.4) is 0 Å². The van der Waals surface area contributed by atoms with E-state index in [0.29, 0.717) is 16.7 Å². The summed E-state index contributed by atoms with van der Waals surface area (Å²) in [4.78, 5) is 28.8. The maximum absolute atomic E-state index is 12.6. The van der Waals surface area contributed by atoms with Crippen LogP contribution in [0.4, 0.5) is 22.9 Å². The number of ether oxygens (including phenoxy) is 1. The molecule has 0 atom stereocenters. The number of benzene rings is 2. The van der Waals surface area contributed by atoms with Crippen LogP contribution in [0.2, 0.25) is 0 Å². The third-order valence-electron chi connectivity index (χ3n) is 5.81.